The summed E-state index contributed by atoms with van der Waals surface area (Å²) >= 11 is 7.22. The number of fused-ring (bicyclic) bond motifs is 2. The van der Waals surface area contributed by atoms with Gasteiger partial charge in [-0.2, -0.15) is 0 Å². The molecule has 0 amide bonds. The van der Waals surface area contributed by atoms with Crippen molar-refractivity contribution in [3.63, 3.8) is 0 Å². The molecule has 0 aliphatic heterocycles. The molecule has 2 nitrogen and oxygen atoms in total. The van der Waals surface area contributed by atoms with E-state index in [1.165, 1.54) is 21.8 Å². The molecule has 2 heterocycles. The van der Waals surface area contributed by atoms with Crippen molar-refractivity contribution in [3.8, 4) is 0 Å². The molecule has 0 saturated heterocycles. The van der Waals surface area contributed by atoms with Gasteiger partial charge >= 0.3 is 141 Å². The van der Waals surface area contributed by atoms with Crippen LogP contribution in [0.1, 0.15) is 0 Å². The number of benzene rings is 2. The van der Waals surface area contributed by atoms with Gasteiger partial charge in [0.2, 0.25) is 0 Å². The fourth-order valence-corrected chi connectivity index (χ4v) is 3.76. The van der Waals surface area contributed by atoms with Gasteiger partial charge in [-0.1, -0.05) is 0 Å². The van der Waals surface area contributed by atoms with Crippen molar-refractivity contribution in [3.05, 3.63) is 57.3 Å². The molecule has 0 aliphatic carbocycles. The molecule has 0 bridgehead atoms. The van der Waals surface area contributed by atoms with Gasteiger partial charge in [-0.15, -0.1) is 0 Å². The van der Waals surface area contributed by atoms with E-state index < -0.39 is 0 Å². The van der Waals surface area contributed by atoms with Gasteiger partial charge in [0, 0.05) is 0 Å². The monoisotopic (exact) mass is 398 g/mol. The molecule has 2 aromatic heterocycles. The van der Waals surface area contributed by atoms with E-state index in [0.29, 0.717) is 0 Å². The fourth-order valence-electron chi connectivity index (χ4n) is 2.78. The van der Waals surface area contributed by atoms with Gasteiger partial charge in [0.25, 0.3) is 0 Å². The zero-order chi connectivity index (χ0) is 14.4. The van der Waals surface area contributed by atoms with Crippen LogP contribution in [0.3, 0.4) is 0 Å². The third-order valence-electron chi connectivity index (χ3n) is 3.83. The molecule has 4 aromatic rings. The van der Waals surface area contributed by atoms with E-state index >= 15 is 0 Å². The van der Waals surface area contributed by atoms with E-state index in [-0.39, 0.29) is 0 Å². The Balaban J connectivity index is 1.83. The molecule has 0 fully saturated rings. The Morgan fingerprint density at radius 2 is 1.24 bits per heavy atom. The number of hydrogen-bond acceptors (Lipinski definition) is 0. The second-order valence-corrected chi connectivity index (χ2v) is 6.77. The number of rotatable bonds is 2. The molecule has 21 heavy (non-hydrogen) atoms. The topological polar surface area (TPSA) is 9.86 Å². The molecule has 0 spiro atoms. The van der Waals surface area contributed by atoms with E-state index in [1.807, 2.05) is 0 Å². The fraction of sp³-hybridized carbons (Fsp3) is 0.0667. The Labute approximate surface area is 140 Å². The van der Waals surface area contributed by atoms with Gasteiger partial charge in [0.1, 0.15) is 0 Å². The predicted molar refractivity (Wildman–Crippen MR) is 97.4 cm³/mol. The number of halogens is 2. The van der Waals surface area contributed by atoms with Crippen molar-refractivity contribution in [2.45, 2.75) is 6.67 Å². The Hall–Kier alpha value is -1.13. The summed E-state index contributed by atoms with van der Waals surface area (Å²) in [6.07, 6.45) is 0. The third kappa shape index (κ3) is 2.25. The summed E-state index contributed by atoms with van der Waals surface area (Å²) < 4.78 is 6.80. The summed E-state index contributed by atoms with van der Waals surface area (Å²) in [5, 5.41) is 2.49. The van der Waals surface area contributed by atoms with E-state index in [0.717, 1.165) is 15.6 Å². The van der Waals surface area contributed by atoms with E-state index in [2.05, 4.69) is 103 Å². The van der Waals surface area contributed by atoms with Crippen molar-refractivity contribution < 1.29 is 0 Å². The Kier molecular flexibility index (Phi) is 3.38. The van der Waals surface area contributed by atoms with Crippen LogP contribution in [0.5, 0.6) is 0 Å². The molecule has 0 radical (unpaired) electrons. The van der Waals surface area contributed by atoms with Crippen molar-refractivity contribution >= 4 is 67.8 Å². The molecule has 0 N–H and O–H groups in total. The van der Waals surface area contributed by atoms with Gasteiger partial charge in [0.15, 0.2) is 0 Å². The van der Waals surface area contributed by atoms with Gasteiger partial charge in [-0.25, -0.2) is 0 Å². The molecule has 100 valence electrons. The summed E-state index contributed by atoms with van der Waals surface area (Å²) in [5.41, 5.74) is 2.47. The SMILES string of the molecule is Brc1cccc2c1cbn2Cn1bcc2c(Br)cccc21. The molecule has 0 atom stereocenters. The zero-order valence-corrected chi connectivity index (χ0v) is 14.3. The molecule has 2 aromatic carbocycles. The van der Waals surface area contributed by atoms with Crippen molar-refractivity contribution in [2.24, 2.45) is 0 Å². The first kappa shape index (κ1) is 13.5. The first-order valence-corrected chi connectivity index (χ1v) is 8.29. The minimum absolute atomic E-state index is 0.805. The number of aromatic nitrogens is 2. The second-order valence-electron chi connectivity index (χ2n) is 5.06. The minimum atomic E-state index is 0.805. The van der Waals surface area contributed by atoms with Crippen LogP contribution in [0.4, 0.5) is 0 Å². The number of hydrogen-bond donors (Lipinski definition) is 0. The molecule has 0 saturated carbocycles. The molecule has 4 rings (SSSR count). The van der Waals surface area contributed by atoms with Gasteiger partial charge in [-0.3, -0.25) is 0 Å². The van der Waals surface area contributed by atoms with E-state index in [1.54, 1.807) is 0 Å². The average molecular weight is 400 g/mol. The van der Waals surface area contributed by atoms with Crippen LogP contribution in [-0.4, -0.2) is 23.1 Å². The van der Waals surface area contributed by atoms with Gasteiger partial charge in [0.05, 0.1) is 0 Å². The summed E-state index contributed by atoms with van der Waals surface area (Å²) in [4.78, 5) is 0. The Morgan fingerprint density at radius 3 is 1.71 bits per heavy atom. The Morgan fingerprint density at radius 1 is 0.762 bits per heavy atom. The van der Waals surface area contributed by atoms with Crippen LogP contribution in [0.25, 0.3) is 21.8 Å². The standard InChI is InChI=1S/C15H10B2Br2N2/c18-12-3-1-5-14-10(12)7-16-20(14)9-21-15-6-2-4-13(19)11(15)8-17-21/h1-8H,9H2. The van der Waals surface area contributed by atoms with Crippen LogP contribution in [-0.2, 0) is 6.67 Å². The van der Waals surface area contributed by atoms with Crippen LogP contribution in [0.2, 0.25) is 0 Å². The maximum atomic E-state index is 3.61. The first-order chi connectivity index (χ1) is 10.2. The van der Waals surface area contributed by atoms with Crippen LogP contribution < -0.4 is 0 Å². The summed E-state index contributed by atoms with van der Waals surface area (Å²) in [7, 11) is 4.28. The van der Waals surface area contributed by atoms with Crippen LogP contribution in [0, 0.1) is 0 Å². The third-order valence-corrected chi connectivity index (χ3v) is 5.21. The molecule has 6 heteroatoms. The van der Waals surface area contributed by atoms with Gasteiger partial charge < -0.3 is 0 Å². The quantitative estimate of drug-likeness (QED) is 0.475. The molecule has 0 unspecified atom stereocenters. The molecule has 0 aliphatic rings. The van der Waals surface area contributed by atoms with Crippen LogP contribution in [0.15, 0.2) is 57.3 Å². The first-order valence-electron chi connectivity index (χ1n) is 6.71. The summed E-state index contributed by atoms with van der Waals surface area (Å²) in [5.74, 6) is 4.31. The normalized spacial score (nSPS) is 11.1. The molecular formula is C15H10B2Br2N2. The summed E-state index contributed by atoms with van der Waals surface area (Å²) in [6, 6.07) is 12.6. The van der Waals surface area contributed by atoms with Crippen molar-refractivity contribution in [2.75, 3.05) is 0 Å². The summed E-state index contributed by atoms with van der Waals surface area (Å²) in [6.45, 7) is 0.805. The predicted octanol–water partition coefficient (Wildman–Crippen LogP) is 4.30. The van der Waals surface area contributed by atoms with Crippen LogP contribution >= 0.6 is 31.9 Å². The zero-order valence-electron chi connectivity index (χ0n) is 11.1. The van der Waals surface area contributed by atoms with Crippen molar-refractivity contribution in [1.29, 1.82) is 0 Å². The number of nitrogens with zero attached hydrogens (tertiary/aromatic N) is 2. The Bertz CT molecular complexity index is 881. The van der Waals surface area contributed by atoms with E-state index in [4.69, 9.17) is 0 Å². The maximum absolute atomic E-state index is 3.61. The van der Waals surface area contributed by atoms with Crippen molar-refractivity contribution in [1.82, 2.24) is 8.95 Å². The van der Waals surface area contributed by atoms with E-state index in [9.17, 15) is 0 Å². The second kappa shape index (κ2) is 5.25. The molecular weight excluding hydrogens is 390 g/mol. The average Bonchev–Trinajstić information content (AvgIpc) is 3.07. The van der Waals surface area contributed by atoms with Gasteiger partial charge in [-0.05, 0) is 0 Å².